The molecule has 8 rings (SSSR count). The predicted octanol–water partition coefficient (Wildman–Crippen LogP) is 13.3. The number of carbonyl (C=O) groups excluding carboxylic acids is 2. The van der Waals surface area contributed by atoms with Crippen LogP contribution in [0.5, 0.6) is 5.75 Å². The van der Waals surface area contributed by atoms with E-state index in [9.17, 15) is 9.59 Å². The highest BCUT2D eigenvalue weighted by molar-refractivity contribution is 6.03. The zero-order chi connectivity index (χ0) is 58.6. The molecule has 5 aromatic rings. The topological polar surface area (TPSA) is 139 Å². The van der Waals surface area contributed by atoms with E-state index in [0.717, 1.165) is 73.6 Å². The minimum absolute atomic E-state index is 0.0156. The summed E-state index contributed by atoms with van der Waals surface area (Å²) >= 11 is 0. The molecule has 440 valence electrons. The number of rotatable bonds is 31. The number of aryl methyl sites for hydroxylation is 1. The van der Waals surface area contributed by atoms with Gasteiger partial charge in [-0.05, 0) is 135 Å². The standard InChI is InChI=1S/C69H87N7O7/c1-9-40-75-61-20-13-11-18-59(61)68(3,4)63(75)36-27-52-16-15-17-54(50-64-69(5,6)60-19-12-14-21-62(60)76(64)41-10-2)66(52)83-58-34-22-51(23-35-58)24-37-65(77)70-38-42-79-44-46-81-48-49-82-47-45-80-43-39-71-67(78)53-25-28-55(29-26-53)72-73-56-30-32-57(33-31-56)74(7)8/h11-14,18-23,25-36,50,54H,9-10,15-17,24,37-49H2,1-8H3,(H-,70,71,77,78)/p+1/b36-27+,64-50-,73-72?. The Morgan fingerprint density at radius 2 is 1.29 bits per heavy atom. The molecule has 0 spiro atoms. The highest BCUT2D eigenvalue weighted by Gasteiger charge is 2.44. The summed E-state index contributed by atoms with van der Waals surface area (Å²) in [6.45, 7) is 20.0. The molecule has 14 heteroatoms. The minimum Gasteiger partial charge on any atom is -0.461 e. The minimum atomic E-state index is -0.184. The number of nitrogens with one attached hydrogen (secondary N) is 2. The quantitative estimate of drug-likeness (QED) is 0.0252. The van der Waals surface area contributed by atoms with Gasteiger partial charge in [0, 0.05) is 98.2 Å². The number of benzene rings is 5. The van der Waals surface area contributed by atoms with E-state index >= 15 is 0 Å². The lowest BCUT2D eigenvalue weighted by molar-refractivity contribution is -0.437. The monoisotopic (exact) mass is 1130 g/mol. The van der Waals surface area contributed by atoms with E-state index in [1.807, 2.05) is 43.3 Å². The zero-order valence-electron chi connectivity index (χ0n) is 50.4. The van der Waals surface area contributed by atoms with Gasteiger partial charge in [-0.1, -0.05) is 82.3 Å². The Morgan fingerprint density at radius 1 is 0.687 bits per heavy atom. The number of hydrogen-bond donors (Lipinski definition) is 2. The first-order valence-electron chi connectivity index (χ1n) is 29.9. The van der Waals surface area contributed by atoms with Crippen LogP contribution in [-0.4, -0.2) is 115 Å². The van der Waals surface area contributed by atoms with E-state index in [1.54, 1.807) is 24.3 Å². The summed E-state index contributed by atoms with van der Waals surface area (Å²) in [6.07, 6.45) is 13.4. The summed E-state index contributed by atoms with van der Waals surface area (Å²) < 4.78 is 32.1. The molecule has 0 saturated carbocycles. The maximum atomic E-state index is 12.9. The number of carbonyl (C=O) groups is 2. The first-order chi connectivity index (χ1) is 40.3. The molecule has 1 atom stereocenters. The number of anilines is 2. The van der Waals surface area contributed by atoms with Crippen molar-refractivity contribution >= 4 is 46.0 Å². The average Bonchev–Trinajstić information content (AvgIpc) is 2.61. The van der Waals surface area contributed by atoms with Gasteiger partial charge in [0.2, 0.25) is 11.6 Å². The molecular weight excluding hydrogens is 1040 g/mol. The SMILES string of the molecule is CCCN1/C(=C\C2CCCC(/C=C/C3=[N+](CCC)c4ccccc4C3(C)C)=C2Oc2ccc(CCC(=O)NCCOCCOCCOCCOCCNC(=O)c3ccc(N=Nc4ccc(N(C)C)cc4)cc3)cc2)C(C)(C)c2ccccc21. The van der Waals surface area contributed by atoms with Crippen molar-refractivity contribution in [2.45, 2.75) is 97.3 Å². The van der Waals surface area contributed by atoms with Gasteiger partial charge < -0.3 is 44.1 Å². The van der Waals surface area contributed by atoms with Crippen molar-refractivity contribution in [3.8, 4) is 5.75 Å². The number of para-hydroxylation sites is 2. The third-order valence-electron chi connectivity index (χ3n) is 15.7. The first kappa shape index (κ1) is 61.8. The Morgan fingerprint density at radius 3 is 1.93 bits per heavy atom. The van der Waals surface area contributed by atoms with E-state index in [0.29, 0.717) is 90.0 Å². The average molecular weight is 1130 g/mol. The highest BCUT2D eigenvalue weighted by Crippen LogP contribution is 2.49. The fourth-order valence-corrected chi connectivity index (χ4v) is 11.2. The van der Waals surface area contributed by atoms with Crippen molar-refractivity contribution in [3.05, 3.63) is 179 Å². The summed E-state index contributed by atoms with van der Waals surface area (Å²) in [5.74, 6) is 1.72. The third kappa shape index (κ3) is 16.5. The van der Waals surface area contributed by atoms with Crippen LogP contribution in [0.4, 0.5) is 28.4 Å². The molecule has 3 aliphatic rings. The number of ether oxygens (including phenoxy) is 5. The van der Waals surface area contributed by atoms with Crippen molar-refractivity contribution in [2.75, 3.05) is 103 Å². The van der Waals surface area contributed by atoms with Crippen LogP contribution in [0.3, 0.4) is 0 Å². The first-order valence-corrected chi connectivity index (χ1v) is 29.9. The van der Waals surface area contributed by atoms with Crippen molar-refractivity contribution in [1.82, 2.24) is 10.6 Å². The maximum Gasteiger partial charge on any atom is 0.251 e. The third-order valence-corrected chi connectivity index (χ3v) is 15.7. The molecule has 0 fully saturated rings. The van der Waals surface area contributed by atoms with Crippen LogP contribution >= 0.6 is 0 Å². The van der Waals surface area contributed by atoms with Crippen LogP contribution in [-0.2, 0) is 41.0 Å². The fraction of sp³-hybridized carbons (Fsp3) is 0.435. The van der Waals surface area contributed by atoms with Gasteiger partial charge in [-0.15, -0.1) is 0 Å². The van der Waals surface area contributed by atoms with Crippen LogP contribution in [0, 0.1) is 5.92 Å². The lowest BCUT2D eigenvalue weighted by atomic mass is 9.79. The molecule has 2 N–H and O–H groups in total. The van der Waals surface area contributed by atoms with Crippen molar-refractivity contribution < 1.29 is 37.8 Å². The second kappa shape index (κ2) is 30.4. The van der Waals surface area contributed by atoms with Crippen molar-refractivity contribution in [3.63, 3.8) is 0 Å². The number of nitrogens with zero attached hydrogens (tertiary/aromatic N) is 5. The maximum absolute atomic E-state index is 12.9. The van der Waals surface area contributed by atoms with E-state index in [2.05, 4.69) is 163 Å². The van der Waals surface area contributed by atoms with E-state index in [4.69, 9.17) is 23.7 Å². The van der Waals surface area contributed by atoms with E-state index in [-0.39, 0.29) is 28.6 Å². The Hall–Kier alpha value is -7.23. The lowest BCUT2D eigenvalue weighted by Crippen LogP contribution is -2.29. The molecule has 2 heterocycles. The smallest absolute Gasteiger partial charge is 0.251 e. The Labute approximate surface area is 493 Å². The molecule has 1 aliphatic carbocycles. The molecule has 2 aliphatic heterocycles. The Balaban J connectivity index is 0.726. The van der Waals surface area contributed by atoms with E-state index in [1.165, 1.54) is 39.5 Å². The largest absolute Gasteiger partial charge is 0.461 e. The molecule has 14 nitrogen and oxygen atoms in total. The van der Waals surface area contributed by atoms with Crippen LogP contribution in [0.15, 0.2) is 167 Å². The van der Waals surface area contributed by atoms with Gasteiger partial charge in [-0.3, -0.25) is 9.59 Å². The Bertz CT molecular complexity index is 3090. The van der Waals surface area contributed by atoms with Crippen LogP contribution in [0.2, 0.25) is 0 Å². The fourth-order valence-electron chi connectivity index (χ4n) is 11.2. The molecule has 0 aromatic heterocycles. The number of allylic oxidation sites excluding steroid dienone is 5. The van der Waals surface area contributed by atoms with Gasteiger partial charge >= 0.3 is 0 Å². The number of amides is 2. The molecule has 0 bridgehead atoms. The van der Waals surface area contributed by atoms with Gasteiger partial charge in [-0.25, -0.2) is 0 Å². The normalized spacial score (nSPS) is 16.7. The van der Waals surface area contributed by atoms with Crippen molar-refractivity contribution in [2.24, 2.45) is 16.1 Å². The summed E-state index contributed by atoms with van der Waals surface area (Å²) in [5.41, 5.74) is 13.1. The van der Waals surface area contributed by atoms with Crippen LogP contribution < -0.4 is 25.2 Å². The molecule has 0 radical (unpaired) electrons. The molecule has 5 aromatic carbocycles. The van der Waals surface area contributed by atoms with Gasteiger partial charge in [0.1, 0.15) is 18.1 Å². The Kier molecular flexibility index (Phi) is 22.6. The highest BCUT2D eigenvalue weighted by atomic mass is 16.6. The van der Waals surface area contributed by atoms with E-state index < -0.39 is 0 Å². The number of fused-ring (bicyclic) bond motifs is 2. The summed E-state index contributed by atoms with van der Waals surface area (Å²) in [6, 6.07) is 40.8. The molecule has 83 heavy (non-hydrogen) atoms. The molecule has 2 amide bonds. The lowest BCUT2D eigenvalue weighted by Gasteiger charge is -2.31. The molecule has 0 saturated heterocycles. The second-order valence-electron chi connectivity index (χ2n) is 22.7. The van der Waals surface area contributed by atoms with Gasteiger partial charge in [-0.2, -0.15) is 14.8 Å². The van der Waals surface area contributed by atoms with Gasteiger partial charge in [0.25, 0.3) is 5.91 Å². The molecular formula is C69H88N7O7+. The van der Waals surface area contributed by atoms with Crippen LogP contribution in [0.25, 0.3) is 0 Å². The van der Waals surface area contributed by atoms with Crippen molar-refractivity contribution in [1.29, 1.82) is 0 Å². The molecule has 1 unspecified atom stereocenters. The number of hydrogen-bond acceptors (Lipinski definition) is 11. The van der Waals surface area contributed by atoms with Gasteiger partial charge in [0.15, 0.2) is 5.71 Å². The summed E-state index contributed by atoms with van der Waals surface area (Å²) in [4.78, 5) is 30.0. The predicted molar refractivity (Wildman–Crippen MR) is 334 cm³/mol. The van der Waals surface area contributed by atoms with Crippen LogP contribution in [0.1, 0.15) is 107 Å². The second-order valence-corrected chi connectivity index (χ2v) is 22.7. The summed E-state index contributed by atoms with van der Waals surface area (Å²) in [5, 5.41) is 14.4. The zero-order valence-corrected chi connectivity index (χ0v) is 50.4. The number of azo groups is 1. The van der Waals surface area contributed by atoms with Gasteiger partial charge in [0.05, 0.1) is 69.6 Å². The summed E-state index contributed by atoms with van der Waals surface area (Å²) in [7, 11) is 3.98.